The molecule has 0 spiro atoms. The van der Waals surface area contributed by atoms with Gasteiger partial charge in [-0.05, 0) is 67.8 Å². The summed E-state index contributed by atoms with van der Waals surface area (Å²) in [5.74, 6) is -0.00388. The van der Waals surface area contributed by atoms with E-state index in [0.29, 0.717) is 22.1 Å². The van der Waals surface area contributed by atoms with E-state index in [4.69, 9.17) is 21.1 Å². The zero-order valence-electron chi connectivity index (χ0n) is 18.7. The highest BCUT2D eigenvalue weighted by Crippen LogP contribution is 2.27. The number of nitrogens with zero attached hydrogens (tertiary/aromatic N) is 2. The number of ether oxygens (including phenoxy) is 2. The first kappa shape index (κ1) is 23.9. The number of halogens is 1. The first-order chi connectivity index (χ1) is 15.7. The van der Waals surface area contributed by atoms with Crippen molar-refractivity contribution < 1.29 is 19.4 Å². The molecule has 0 amide bonds. The molecule has 2 aromatic carbocycles. The van der Waals surface area contributed by atoms with Crippen LogP contribution in [0.5, 0.6) is 17.4 Å². The smallest absolute Gasteiger partial charge is 0.271 e. The van der Waals surface area contributed by atoms with Crippen molar-refractivity contribution in [2.45, 2.75) is 33.4 Å². The molecule has 0 aliphatic rings. The van der Waals surface area contributed by atoms with Crippen LogP contribution in [0.1, 0.15) is 39.5 Å². The molecule has 33 heavy (non-hydrogen) atoms. The van der Waals surface area contributed by atoms with Gasteiger partial charge in [0.15, 0.2) is 6.10 Å². The van der Waals surface area contributed by atoms with Gasteiger partial charge in [-0.25, -0.2) is 0 Å². The second-order valence-corrected chi connectivity index (χ2v) is 7.99. The van der Waals surface area contributed by atoms with Crippen molar-refractivity contribution in [2.24, 2.45) is 0 Å². The van der Waals surface area contributed by atoms with E-state index in [1.807, 2.05) is 13.0 Å². The Morgan fingerprint density at radius 3 is 2.39 bits per heavy atom. The van der Waals surface area contributed by atoms with Crippen molar-refractivity contribution >= 4 is 17.4 Å². The fourth-order valence-corrected chi connectivity index (χ4v) is 3.58. The van der Waals surface area contributed by atoms with Gasteiger partial charge in [-0.15, -0.1) is 0 Å². The van der Waals surface area contributed by atoms with E-state index in [1.165, 1.54) is 21.0 Å². The number of hydrogen-bond acceptors (Lipinski definition) is 6. The number of nitriles is 1. The predicted molar refractivity (Wildman–Crippen MR) is 125 cm³/mol. The number of hydrogen-bond donors (Lipinski definition) is 1. The van der Waals surface area contributed by atoms with Gasteiger partial charge in [-0.2, -0.15) is 5.26 Å². The number of aryl methyl sites for hydroxylation is 1. The van der Waals surface area contributed by atoms with Gasteiger partial charge in [0.05, 0.1) is 19.2 Å². The maximum atomic E-state index is 13.3. The van der Waals surface area contributed by atoms with Gasteiger partial charge < -0.3 is 14.6 Å². The topological polar surface area (TPSA) is 102 Å². The Hall–Kier alpha value is -3.76. The summed E-state index contributed by atoms with van der Waals surface area (Å²) in [6.07, 6.45) is -0.992. The maximum absolute atomic E-state index is 13.3. The summed E-state index contributed by atoms with van der Waals surface area (Å²) in [6, 6.07) is 13.7. The van der Waals surface area contributed by atoms with Gasteiger partial charge in [-0.3, -0.25) is 14.2 Å². The van der Waals surface area contributed by atoms with Crippen molar-refractivity contribution in [1.82, 2.24) is 4.57 Å². The van der Waals surface area contributed by atoms with E-state index in [2.05, 4.69) is 0 Å². The van der Waals surface area contributed by atoms with E-state index in [1.54, 1.807) is 42.5 Å². The van der Waals surface area contributed by atoms with E-state index in [0.717, 1.165) is 10.1 Å². The molecule has 3 aromatic rings. The molecule has 0 saturated heterocycles. The highest BCUT2D eigenvalue weighted by atomic mass is 35.5. The molecule has 0 radical (unpaired) electrons. The monoisotopic (exact) mass is 466 g/mol. The van der Waals surface area contributed by atoms with Gasteiger partial charge in [0.2, 0.25) is 11.7 Å². The number of aromatic hydroxyl groups is 1. The summed E-state index contributed by atoms with van der Waals surface area (Å²) in [6.45, 7) is 4.78. The van der Waals surface area contributed by atoms with Crippen LogP contribution in [0.15, 0.2) is 47.3 Å². The van der Waals surface area contributed by atoms with Crippen LogP contribution in [-0.4, -0.2) is 28.7 Å². The molecule has 1 heterocycles. The van der Waals surface area contributed by atoms with Crippen LogP contribution in [0, 0.1) is 25.2 Å². The van der Waals surface area contributed by atoms with Gasteiger partial charge in [0.25, 0.3) is 5.56 Å². The normalized spacial score (nSPS) is 11.5. The molecule has 1 unspecified atom stereocenters. The van der Waals surface area contributed by atoms with Gasteiger partial charge >= 0.3 is 0 Å². The van der Waals surface area contributed by atoms with Gasteiger partial charge in [-0.1, -0.05) is 23.7 Å². The second-order valence-electron chi connectivity index (χ2n) is 7.59. The van der Waals surface area contributed by atoms with Gasteiger partial charge in [0, 0.05) is 5.02 Å². The van der Waals surface area contributed by atoms with Crippen molar-refractivity contribution in [3.63, 3.8) is 0 Å². The van der Waals surface area contributed by atoms with Crippen LogP contribution in [0.2, 0.25) is 5.02 Å². The third-order valence-electron chi connectivity index (χ3n) is 5.36. The van der Waals surface area contributed by atoms with Crippen LogP contribution >= 0.6 is 11.6 Å². The number of carbonyl (C=O) groups excluding carboxylic acids is 1. The molecule has 0 bridgehead atoms. The van der Waals surface area contributed by atoms with Gasteiger partial charge in [0.1, 0.15) is 23.1 Å². The molecule has 0 aliphatic carbocycles. The number of benzene rings is 2. The van der Waals surface area contributed by atoms with Crippen LogP contribution in [0.3, 0.4) is 0 Å². The molecule has 3 rings (SSSR count). The number of rotatable bonds is 7. The van der Waals surface area contributed by atoms with Crippen LogP contribution in [0.4, 0.5) is 0 Å². The Morgan fingerprint density at radius 1 is 1.18 bits per heavy atom. The highest BCUT2D eigenvalue weighted by molar-refractivity contribution is 6.31. The lowest BCUT2D eigenvalue weighted by molar-refractivity contribution is 0.0812. The molecule has 1 N–H and O–H groups in total. The highest BCUT2D eigenvalue weighted by Gasteiger charge is 2.28. The zero-order chi connectivity index (χ0) is 24.3. The summed E-state index contributed by atoms with van der Waals surface area (Å²) in [7, 11) is 1.54. The Morgan fingerprint density at radius 2 is 1.82 bits per heavy atom. The lowest BCUT2D eigenvalue weighted by atomic mass is 9.99. The van der Waals surface area contributed by atoms with Crippen molar-refractivity contribution in [3.05, 3.63) is 85.7 Å². The number of ketones is 1. The summed E-state index contributed by atoms with van der Waals surface area (Å²) in [5, 5.41) is 21.1. The second kappa shape index (κ2) is 9.80. The largest absolute Gasteiger partial charge is 0.497 e. The Labute approximate surface area is 196 Å². The number of methoxy groups -OCH3 is 1. The quantitative estimate of drug-likeness (QED) is 0.518. The minimum atomic E-state index is -0.992. The molecule has 1 aromatic heterocycles. The average Bonchev–Trinajstić information content (AvgIpc) is 2.79. The van der Waals surface area contributed by atoms with Crippen LogP contribution in [0.25, 0.3) is 0 Å². The molecule has 170 valence electrons. The molecular formula is C25H23ClN2O5. The van der Waals surface area contributed by atoms with Crippen LogP contribution < -0.4 is 15.0 Å². The number of aromatic nitrogens is 1. The third-order valence-corrected chi connectivity index (χ3v) is 5.78. The fourth-order valence-electron chi connectivity index (χ4n) is 3.46. The minimum Gasteiger partial charge on any atom is -0.497 e. The lowest BCUT2D eigenvalue weighted by Crippen LogP contribution is -2.31. The fraction of sp³-hybridized carbons (Fsp3) is 0.240. The first-order valence-corrected chi connectivity index (χ1v) is 10.5. The molecule has 0 saturated carbocycles. The average molecular weight is 467 g/mol. The summed E-state index contributed by atoms with van der Waals surface area (Å²) in [4.78, 5) is 26.1. The maximum Gasteiger partial charge on any atom is 0.271 e. The third kappa shape index (κ3) is 4.86. The number of pyridine rings is 1. The molecule has 0 fully saturated rings. The number of carbonyl (C=O) groups is 1. The molecule has 1 atom stereocenters. The van der Waals surface area contributed by atoms with Crippen molar-refractivity contribution in [1.29, 1.82) is 5.26 Å². The first-order valence-electron chi connectivity index (χ1n) is 10.1. The van der Waals surface area contributed by atoms with Crippen molar-refractivity contribution in [2.75, 3.05) is 7.11 Å². The van der Waals surface area contributed by atoms with Crippen LogP contribution in [-0.2, 0) is 6.54 Å². The Bertz CT molecular complexity index is 1310. The number of Topliss-reactive ketones (excluding diaryl/α,β-unsaturated/α-hetero) is 1. The Balaban J connectivity index is 2.02. The van der Waals surface area contributed by atoms with Crippen molar-refractivity contribution in [3.8, 4) is 23.4 Å². The summed E-state index contributed by atoms with van der Waals surface area (Å²) in [5.41, 5.74) is 0.561. The minimum absolute atomic E-state index is 0.0322. The van der Waals surface area contributed by atoms with E-state index in [-0.39, 0.29) is 23.2 Å². The van der Waals surface area contributed by atoms with E-state index >= 15 is 0 Å². The lowest BCUT2D eigenvalue weighted by Gasteiger charge is -2.19. The molecule has 8 heteroatoms. The standard InChI is InChI=1S/C25H23ClN2O5/c1-14-11-19(9-10-21(14)26)33-16(3)23(29)22-15(2)20(12-27)24(30)28(25(22)31)13-17-5-7-18(32-4)8-6-17/h5-11,16,31H,13H2,1-4H3. The van der Waals surface area contributed by atoms with E-state index < -0.39 is 23.3 Å². The summed E-state index contributed by atoms with van der Waals surface area (Å²) < 4.78 is 11.9. The van der Waals surface area contributed by atoms with E-state index in [9.17, 15) is 20.0 Å². The zero-order valence-corrected chi connectivity index (χ0v) is 19.4. The summed E-state index contributed by atoms with van der Waals surface area (Å²) >= 11 is 6.04. The molecular weight excluding hydrogens is 444 g/mol. The molecule has 0 aliphatic heterocycles. The SMILES string of the molecule is COc1ccc(Cn2c(O)c(C(=O)C(C)Oc3ccc(Cl)c(C)c3)c(C)c(C#N)c2=O)cc1. The Kier molecular flexibility index (Phi) is 7.10. The predicted octanol–water partition coefficient (Wildman–Crippen LogP) is 4.40. The molecule has 7 nitrogen and oxygen atoms in total.